The van der Waals surface area contributed by atoms with Gasteiger partial charge in [0.25, 0.3) is 0 Å². The summed E-state index contributed by atoms with van der Waals surface area (Å²) in [4.78, 5) is 11.0. The van der Waals surface area contributed by atoms with Crippen molar-refractivity contribution in [2.75, 3.05) is 6.61 Å². The van der Waals surface area contributed by atoms with Gasteiger partial charge in [0.2, 0.25) is 0 Å². The number of allylic oxidation sites excluding steroid dienone is 1. The van der Waals surface area contributed by atoms with Crippen LogP contribution in [0.5, 0.6) is 0 Å². The van der Waals surface area contributed by atoms with Crippen molar-refractivity contribution in [3.63, 3.8) is 0 Å². The van der Waals surface area contributed by atoms with Crippen LogP contribution in [0.25, 0.3) is 0 Å². The third-order valence-electron chi connectivity index (χ3n) is 1.48. The first kappa shape index (κ1) is 11.2. The monoisotopic (exact) mass is 170 g/mol. The van der Waals surface area contributed by atoms with Crippen molar-refractivity contribution in [2.45, 2.75) is 34.1 Å². The van der Waals surface area contributed by atoms with Gasteiger partial charge in [-0.05, 0) is 19.3 Å². The minimum Gasteiger partial charge on any atom is -0.462 e. The smallest absolute Gasteiger partial charge is 0.330 e. The summed E-state index contributed by atoms with van der Waals surface area (Å²) >= 11 is 0. The van der Waals surface area contributed by atoms with Crippen LogP contribution in [0.4, 0.5) is 0 Å². The zero-order chi connectivity index (χ0) is 9.56. The maximum Gasteiger partial charge on any atom is 0.330 e. The first-order valence-corrected chi connectivity index (χ1v) is 4.40. The van der Waals surface area contributed by atoms with Gasteiger partial charge in [-0.25, -0.2) is 4.79 Å². The van der Waals surface area contributed by atoms with Gasteiger partial charge in [0.05, 0.1) is 6.61 Å². The first-order chi connectivity index (χ1) is 5.56. The Morgan fingerprint density at radius 2 is 2.08 bits per heavy atom. The Bertz CT molecular complexity index is 169. The Morgan fingerprint density at radius 1 is 1.50 bits per heavy atom. The van der Waals surface area contributed by atoms with Gasteiger partial charge in [-0.2, -0.15) is 0 Å². The maximum atomic E-state index is 11.0. The molecule has 2 nitrogen and oxygen atoms in total. The fraction of sp³-hybridized carbons (Fsp3) is 0.700. The lowest BCUT2D eigenvalue weighted by Crippen LogP contribution is -2.07. The highest BCUT2D eigenvalue weighted by Crippen LogP contribution is 1.99. The van der Waals surface area contributed by atoms with Gasteiger partial charge in [-0.1, -0.05) is 26.3 Å². The van der Waals surface area contributed by atoms with E-state index < -0.39 is 0 Å². The molecule has 0 unspecified atom stereocenters. The normalized spacial score (nSPS) is 11.9. The lowest BCUT2D eigenvalue weighted by molar-refractivity contribution is -0.138. The van der Waals surface area contributed by atoms with Crippen molar-refractivity contribution in [1.82, 2.24) is 0 Å². The van der Waals surface area contributed by atoms with Gasteiger partial charge in [0, 0.05) is 6.08 Å². The third kappa shape index (κ3) is 5.96. The minimum absolute atomic E-state index is 0.219. The lowest BCUT2D eigenvalue weighted by Gasteiger charge is -2.04. The topological polar surface area (TPSA) is 26.3 Å². The summed E-state index contributed by atoms with van der Waals surface area (Å²) in [7, 11) is 0. The van der Waals surface area contributed by atoms with Crippen molar-refractivity contribution >= 4 is 5.97 Å². The van der Waals surface area contributed by atoms with Crippen LogP contribution in [0.3, 0.4) is 0 Å². The van der Waals surface area contributed by atoms with Crippen molar-refractivity contribution in [1.29, 1.82) is 0 Å². The third-order valence-corrected chi connectivity index (χ3v) is 1.48. The Morgan fingerprint density at radius 3 is 2.50 bits per heavy atom. The van der Waals surface area contributed by atoms with Crippen LogP contribution >= 0.6 is 0 Å². The van der Waals surface area contributed by atoms with Gasteiger partial charge in [-0.15, -0.1) is 0 Å². The van der Waals surface area contributed by atoms with Crippen molar-refractivity contribution < 1.29 is 9.53 Å². The highest BCUT2D eigenvalue weighted by molar-refractivity contribution is 5.82. The maximum absolute atomic E-state index is 11.0. The second-order valence-corrected chi connectivity index (χ2v) is 3.37. The van der Waals surface area contributed by atoms with Crippen LogP contribution in [0, 0.1) is 5.92 Å². The van der Waals surface area contributed by atoms with E-state index in [0.29, 0.717) is 12.5 Å². The predicted molar refractivity (Wildman–Crippen MR) is 49.8 cm³/mol. The zero-order valence-electron chi connectivity index (χ0n) is 8.39. The van der Waals surface area contributed by atoms with Crippen LogP contribution in [0.1, 0.15) is 34.1 Å². The molecule has 0 atom stereocenters. The molecular weight excluding hydrogens is 152 g/mol. The van der Waals surface area contributed by atoms with Crippen molar-refractivity contribution in [3.05, 3.63) is 11.6 Å². The van der Waals surface area contributed by atoms with Crippen molar-refractivity contribution in [2.24, 2.45) is 5.92 Å². The fourth-order valence-corrected chi connectivity index (χ4v) is 0.594. The highest BCUT2D eigenvalue weighted by atomic mass is 16.5. The standard InChI is InChI=1S/C10H18O2/c1-5-9(4)6-10(11)12-7-8(2)3/h6,8H,5,7H2,1-4H3/b9-6-. The van der Waals surface area contributed by atoms with E-state index in [9.17, 15) is 4.79 Å². The second-order valence-electron chi connectivity index (χ2n) is 3.37. The molecule has 0 radical (unpaired) electrons. The van der Waals surface area contributed by atoms with Gasteiger partial charge in [0.15, 0.2) is 0 Å². The summed E-state index contributed by atoms with van der Waals surface area (Å²) in [5.74, 6) is 0.187. The molecule has 12 heavy (non-hydrogen) atoms. The summed E-state index contributed by atoms with van der Waals surface area (Å²) in [5.41, 5.74) is 1.06. The number of carbonyl (C=O) groups is 1. The first-order valence-electron chi connectivity index (χ1n) is 4.40. The number of esters is 1. The van der Waals surface area contributed by atoms with E-state index in [1.165, 1.54) is 0 Å². The Labute approximate surface area is 74.6 Å². The van der Waals surface area contributed by atoms with E-state index >= 15 is 0 Å². The molecule has 70 valence electrons. The van der Waals surface area contributed by atoms with Crippen LogP contribution in [0.2, 0.25) is 0 Å². The average molecular weight is 170 g/mol. The number of carbonyl (C=O) groups excluding carboxylic acids is 1. The van der Waals surface area contributed by atoms with Crippen LogP contribution < -0.4 is 0 Å². The summed E-state index contributed by atoms with van der Waals surface area (Å²) in [6.45, 7) is 8.48. The van der Waals surface area contributed by atoms with Gasteiger partial charge in [0.1, 0.15) is 0 Å². The van der Waals surface area contributed by atoms with Crippen LogP contribution in [-0.4, -0.2) is 12.6 Å². The predicted octanol–water partition coefficient (Wildman–Crippen LogP) is 2.54. The average Bonchev–Trinajstić information content (AvgIpc) is 2.00. The minimum atomic E-state index is -0.219. The molecule has 0 aromatic heterocycles. The molecule has 0 aliphatic rings. The van der Waals surface area contributed by atoms with E-state index in [-0.39, 0.29) is 5.97 Å². The fourth-order valence-electron chi connectivity index (χ4n) is 0.594. The molecule has 0 heterocycles. The summed E-state index contributed by atoms with van der Waals surface area (Å²) in [6, 6.07) is 0. The molecule has 0 aliphatic heterocycles. The molecule has 0 N–H and O–H groups in total. The summed E-state index contributed by atoms with van der Waals surface area (Å²) in [5, 5.41) is 0. The highest BCUT2D eigenvalue weighted by Gasteiger charge is 2.00. The Hall–Kier alpha value is -0.790. The molecule has 0 fully saturated rings. The largest absolute Gasteiger partial charge is 0.462 e. The Kier molecular flexibility index (Phi) is 5.43. The molecule has 0 bridgehead atoms. The second kappa shape index (κ2) is 5.81. The molecule has 0 aromatic carbocycles. The molecule has 0 aromatic rings. The van der Waals surface area contributed by atoms with Gasteiger partial charge >= 0.3 is 5.97 Å². The molecule has 0 aliphatic carbocycles. The van der Waals surface area contributed by atoms with E-state index in [1.807, 2.05) is 27.7 Å². The molecule has 0 saturated carbocycles. The molecule has 0 amide bonds. The van der Waals surface area contributed by atoms with Crippen LogP contribution in [-0.2, 0) is 9.53 Å². The number of hydrogen-bond donors (Lipinski definition) is 0. The van der Waals surface area contributed by atoms with E-state index in [1.54, 1.807) is 6.08 Å². The SMILES string of the molecule is CC/C(C)=C\C(=O)OCC(C)C. The number of rotatable bonds is 4. The summed E-state index contributed by atoms with van der Waals surface area (Å²) in [6.07, 6.45) is 2.46. The van der Waals surface area contributed by atoms with Crippen LogP contribution in [0.15, 0.2) is 11.6 Å². The van der Waals surface area contributed by atoms with Gasteiger partial charge < -0.3 is 4.74 Å². The molecule has 0 spiro atoms. The quantitative estimate of drug-likeness (QED) is 0.478. The molecule has 0 saturated heterocycles. The van der Waals surface area contributed by atoms with E-state index in [2.05, 4.69) is 0 Å². The number of hydrogen-bond acceptors (Lipinski definition) is 2. The molecular formula is C10H18O2. The van der Waals surface area contributed by atoms with Gasteiger partial charge in [-0.3, -0.25) is 0 Å². The Balaban J connectivity index is 3.74. The van der Waals surface area contributed by atoms with Crippen molar-refractivity contribution in [3.8, 4) is 0 Å². The number of ether oxygens (including phenoxy) is 1. The van der Waals surface area contributed by atoms with E-state index in [0.717, 1.165) is 12.0 Å². The zero-order valence-corrected chi connectivity index (χ0v) is 8.39. The summed E-state index contributed by atoms with van der Waals surface area (Å²) < 4.78 is 4.96. The lowest BCUT2D eigenvalue weighted by atomic mass is 10.2. The molecule has 0 rings (SSSR count). The van der Waals surface area contributed by atoms with E-state index in [4.69, 9.17) is 4.74 Å². The molecule has 2 heteroatoms.